The third kappa shape index (κ3) is 5.01. The average molecular weight is 731 g/mol. The molecule has 6 nitrogen and oxygen atoms in total. The van der Waals surface area contributed by atoms with Gasteiger partial charge in [0.2, 0.25) is 0 Å². The van der Waals surface area contributed by atoms with Gasteiger partial charge in [-0.05, 0) is 77.9 Å². The summed E-state index contributed by atoms with van der Waals surface area (Å²) in [5.41, 5.74) is 11.6. The maximum absolute atomic E-state index is 6.59. The van der Waals surface area contributed by atoms with Crippen LogP contribution >= 0.6 is 0 Å². The van der Waals surface area contributed by atoms with Crippen LogP contribution in [0.4, 0.5) is 0 Å². The number of benzene rings is 8. The van der Waals surface area contributed by atoms with Crippen LogP contribution in [0.3, 0.4) is 0 Å². The number of hydrogen-bond acceptors (Lipinski definition) is 5. The van der Waals surface area contributed by atoms with Crippen molar-refractivity contribution in [3.05, 3.63) is 182 Å². The molecular weight excluding hydrogens is 701 g/mol. The first-order valence-electron chi connectivity index (χ1n) is 19.0. The Labute approximate surface area is 325 Å². The van der Waals surface area contributed by atoms with Crippen molar-refractivity contribution in [2.24, 2.45) is 0 Å². The molecule has 0 aliphatic heterocycles. The number of para-hydroxylation sites is 2. The highest BCUT2D eigenvalue weighted by Crippen LogP contribution is 2.41. The van der Waals surface area contributed by atoms with Gasteiger partial charge in [0.05, 0.1) is 22.1 Å². The van der Waals surface area contributed by atoms with Crippen LogP contribution in [-0.4, -0.2) is 19.5 Å². The van der Waals surface area contributed by atoms with E-state index in [1.807, 2.05) is 72.8 Å². The Morgan fingerprint density at radius 1 is 0.316 bits per heavy atom. The summed E-state index contributed by atoms with van der Waals surface area (Å²) in [6.07, 6.45) is 0. The molecule has 0 spiro atoms. The molecule has 0 aliphatic rings. The summed E-state index contributed by atoms with van der Waals surface area (Å²) in [5.74, 6) is 1.87. The lowest BCUT2D eigenvalue weighted by Crippen LogP contribution is -2.00. The van der Waals surface area contributed by atoms with Gasteiger partial charge in [0.25, 0.3) is 0 Å². The van der Waals surface area contributed by atoms with Gasteiger partial charge in [-0.25, -0.2) is 15.0 Å². The van der Waals surface area contributed by atoms with E-state index in [9.17, 15) is 0 Å². The molecule has 12 rings (SSSR count). The standard InChI is InChI=1S/C51H30N4O2/c1-3-12-31(13-4-1)49-52-50(32-14-5-2-6-15-32)54-51(53-49)35-24-27-44-40(28-35)38-25-22-33(29-46(38)56-44)34-23-26-39-47(30-34)57-45-21-11-20-43(48(39)45)55-41-18-9-7-16-36(41)37-17-8-10-19-42(37)55/h1-30H. The number of furan rings is 2. The summed E-state index contributed by atoms with van der Waals surface area (Å²) >= 11 is 0. The second kappa shape index (κ2) is 12.3. The van der Waals surface area contributed by atoms with E-state index in [1.165, 1.54) is 21.8 Å². The van der Waals surface area contributed by atoms with Crippen LogP contribution in [0, 0.1) is 0 Å². The number of aromatic nitrogens is 4. The monoisotopic (exact) mass is 730 g/mol. The molecule has 8 aromatic carbocycles. The summed E-state index contributed by atoms with van der Waals surface area (Å²) in [6.45, 7) is 0. The quantitative estimate of drug-likeness (QED) is 0.176. The normalized spacial score (nSPS) is 11.9. The highest BCUT2D eigenvalue weighted by Gasteiger charge is 2.19. The Hall–Kier alpha value is -7.83. The fraction of sp³-hybridized carbons (Fsp3) is 0. The first-order chi connectivity index (χ1) is 28.2. The second-order valence-electron chi connectivity index (χ2n) is 14.4. The molecule has 0 aliphatic carbocycles. The lowest BCUT2D eigenvalue weighted by molar-refractivity contribution is 0.668. The Morgan fingerprint density at radius 2 is 0.842 bits per heavy atom. The summed E-state index contributed by atoms with van der Waals surface area (Å²) in [5, 5.41) is 6.67. The molecule has 0 saturated heterocycles. The molecule has 0 atom stereocenters. The first-order valence-corrected chi connectivity index (χ1v) is 19.0. The second-order valence-corrected chi connectivity index (χ2v) is 14.4. The molecule has 266 valence electrons. The van der Waals surface area contributed by atoms with E-state index in [4.69, 9.17) is 23.8 Å². The van der Waals surface area contributed by atoms with Gasteiger partial charge in [-0.15, -0.1) is 0 Å². The molecule has 12 aromatic rings. The van der Waals surface area contributed by atoms with Crippen molar-refractivity contribution in [2.75, 3.05) is 0 Å². The third-order valence-corrected chi connectivity index (χ3v) is 11.1. The summed E-state index contributed by atoms with van der Waals surface area (Å²) < 4.78 is 15.4. The number of nitrogens with zero attached hydrogens (tertiary/aromatic N) is 4. The molecule has 0 saturated carbocycles. The molecular formula is C51H30N4O2. The fourth-order valence-electron chi connectivity index (χ4n) is 8.39. The predicted molar refractivity (Wildman–Crippen MR) is 230 cm³/mol. The number of fused-ring (bicyclic) bond motifs is 9. The van der Waals surface area contributed by atoms with Crippen LogP contribution in [0.5, 0.6) is 0 Å². The lowest BCUT2D eigenvalue weighted by atomic mass is 10.0. The van der Waals surface area contributed by atoms with Crippen molar-refractivity contribution in [1.82, 2.24) is 19.5 Å². The SMILES string of the molecule is c1ccc(-c2nc(-c3ccccc3)nc(-c3ccc4oc5cc(-c6ccc7c(c6)oc6cccc(-n8c9ccccc9c9ccccc98)c67)ccc5c4c3)n2)cc1. The third-order valence-electron chi connectivity index (χ3n) is 11.1. The van der Waals surface area contributed by atoms with Crippen molar-refractivity contribution in [3.63, 3.8) is 0 Å². The van der Waals surface area contributed by atoms with Crippen LogP contribution in [0.25, 0.3) is 117 Å². The lowest BCUT2D eigenvalue weighted by Gasteiger charge is -2.09. The van der Waals surface area contributed by atoms with Gasteiger partial charge in [0.1, 0.15) is 22.3 Å². The van der Waals surface area contributed by atoms with Crippen LogP contribution < -0.4 is 0 Å². The van der Waals surface area contributed by atoms with Gasteiger partial charge in [-0.3, -0.25) is 0 Å². The molecule has 4 heterocycles. The Morgan fingerprint density at radius 3 is 1.49 bits per heavy atom. The summed E-state index contributed by atoms with van der Waals surface area (Å²) in [7, 11) is 0. The maximum atomic E-state index is 6.59. The predicted octanol–water partition coefficient (Wildman–Crippen LogP) is 13.4. The van der Waals surface area contributed by atoms with Crippen molar-refractivity contribution in [1.29, 1.82) is 0 Å². The minimum absolute atomic E-state index is 0.607. The molecule has 57 heavy (non-hydrogen) atoms. The zero-order valence-electron chi connectivity index (χ0n) is 30.4. The minimum Gasteiger partial charge on any atom is -0.456 e. The fourth-order valence-corrected chi connectivity index (χ4v) is 8.39. The minimum atomic E-state index is 0.607. The van der Waals surface area contributed by atoms with E-state index in [-0.39, 0.29) is 0 Å². The van der Waals surface area contributed by atoms with E-state index < -0.39 is 0 Å². The number of hydrogen-bond donors (Lipinski definition) is 0. The van der Waals surface area contributed by atoms with Crippen molar-refractivity contribution >= 4 is 65.7 Å². The van der Waals surface area contributed by atoms with Crippen molar-refractivity contribution in [3.8, 4) is 51.0 Å². The molecule has 4 aromatic heterocycles. The molecule has 0 amide bonds. The van der Waals surface area contributed by atoms with Crippen molar-refractivity contribution < 1.29 is 8.83 Å². The highest BCUT2D eigenvalue weighted by molar-refractivity contribution is 6.15. The molecule has 0 bridgehead atoms. The zero-order chi connectivity index (χ0) is 37.5. The molecule has 0 radical (unpaired) electrons. The van der Waals surface area contributed by atoms with Crippen molar-refractivity contribution in [2.45, 2.75) is 0 Å². The van der Waals surface area contributed by atoms with E-state index in [2.05, 4.69) is 114 Å². The van der Waals surface area contributed by atoms with Gasteiger partial charge >= 0.3 is 0 Å². The van der Waals surface area contributed by atoms with Gasteiger partial charge in [-0.2, -0.15) is 0 Å². The van der Waals surface area contributed by atoms with Crippen LogP contribution in [0.1, 0.15) is 0 Å². The largest absolute Gasteiger partial charge is 0.456 e. The Bertz CT molecular complexity index is 3410. The summed E-state index contributed by atoms with van der Waals surface area (Å²) in [6, 6.07) is 62.7. The van der Waals surface area contributed by atoms with Gasteiger partial charge < -0.3 is 13.4 Å². The molecule has 6 heteroatoms. The van der Waals surface area contributed by atoms with Gasteiger partial charge in [0.15, 0.2) is 17.5 Å². The molecule has 0 unspecified atom stereocenters. The van der Waals surface area contributed by atoms with E-state index in [0.29, 0.717) is 17.5 Å². The average Bonchev–Trinajstić information content (AvgIpc) is 3.95. The van der Waals surface area contributed by atoms with Crippen LogP contribution in [0.15, 0.2) is 191 Å². The van der Waals surface area contributed by atoms with E-state index >= 15 is 0 Å². The number of rotatable bonds is 5. The molecule has 0 fully saturated rings. The molecule has 0 N–H and O–H groups in total. The van der Waals surface area contributed by atoms with E-state index in [0.717, 1.165) is 77.4 Å². The van der Waals surface area contributed by atoms with Gasteiger partial charge in [-0.1, -0.05) is 115 Å². The van der Waals surface area contributed by atoms with Crippen LogP contribution in [0.2, 0.25) is 0 Å². The zero-order valence-corrected chi connectivity index (χ0v) is 30.4. The summed E-state index contributed by atoms with van der Waals surface area (Å²) in [4.78, 5) is 14.8. The van der Waals surface area contributed by atoms with E-state index in [1.54, 1.807) is 0 Å². The van der Waals surface area contributed by atoms with Gasteiger partial charge in [0, 0.05) is 43.6 Å². The first kappa shape index (κ1) is 31.5. The Balaban J connectivity index is 0.948. The Kier molecular flexibility index (Phi) is 6.83. The topological polar surface area (TPSA) is 69.9 Å². The smallest absolute Gasteiger partial charge is 0.164 e. The highest BCUT2D eigenvalue weighted by atomic mass is 16.3. The maximum Gasteiger partial charge on any atom is 0.164 e. The van der Waals surface area contributed by atoms with Crippen LogP contribution in [-0.2, 0) is 0 Å².